The van der Waals surface area contributed by atoms with Gasteiger partial charge in [-0.25, -0.2) is 0 Å². The summed E-state index contributed by atoms with van der Waals surface area (Å²) in [6.45, 7) is 2.86. The molecule has 0 atom stereocenters. The van der Waals surface area contributed by atoms with E-state index < -0.39 is 0 Å². The van der Waals surface area contributed by atoms with Gasteiger partial charge in [-0.1, -0.05) is 60.2 Å². The molecule has 0 N–H and O–H groups in total. The number of hydrogen-bond donors (Lipinski definition) is 0. The molecule has 0 bridgehead atoms. The van der Waals surface area contributed by atoms with Gasteiger partial charge >= 0.3 is 0 Å². The van der Waals surface area contributed by atoms with Crippen LogP contribution in [0.15, 0.2) is 79.0 Å². The van der Waals surface area contributed by atoms with Gasteiger partial charge in [0.2, 0.25) is 0 Å². The summed E-state index contributed by atoms with van der Waals surface area (Å²) < 4.78 is 7.56. The van der Waals surface area contributed by atoms with Crippen molar-refractivity contribution in [1.82, 2.24) is 14.8 Å². The van der Waals surface area contributed by atoms with Crippen molar-refractivity contribution in [1.29, 1.82) is 0 Å². The fraction of sp³-hybridized carbons (Fsp3) is 0.120. The molecule has 142 valence electrons. The van der Waals surface area contributed by atoms with Crippen LogP contribution in [0.3, 0.4) is 0 Å². The van der Waals surface area contributed by atoms with Crippen molar-refractivity contribution in [3.63, 3.8) is 0 Å². The SMILES string of the molecule is COc1ccc(Cn2cc3c(-c4ccc(C)cc4)nnc-3c3ccccc32)cc1. The van der Waals surface area contributed by atoms with E-state index in [-0.39, 0.29) is 0 Å². The van der Waals surface area contributed by atoms with Crippen LogP contribution in [0, 0.1) is 6.92 Å². The zero-order valence-electron chi connectivity index (χ0n) is 16.5. The van der Waals surface area contributed by atoms with Gasteiger partial charge in [-0.05, 0) is 30.7 Å². The van der Waals surface area contributed by atoms with Crippen LogP contribution in [0.25, 0.3) is 33.4 Å². The summed E-state index contributed by atoms with van der Waals surface area (Å²) in [4.78, 5) is 0. The van der Waals surface area contributed by atoms with E-state index in [1.807, 2.05) is 12.1 Å². The number of fused-ring (bicyclic) bond motifs is 3. The molecule has 5 rings (SSSR count). The Morgan fingerprint density at radius 3 is 2.31 bits per heavy atom. The zero-order valence-corrected chi connectivity index (χ0v) is 16.5. The Hall–Kier alpha value is -3.66. The van der Waals surface area contributed by atoms with Crippen LogP contribution in [0.4, 0.5) is 0 Å². The Morgan fingerprint density at radius 1 is 0.828 bits per heavy atom. The fourth-order valence-corrected chi connectivity index (χ4v) is 3.77. The minimum atomic E-state index is 0.763. The highest BCUT2D eigenvalue weighted by molar-refractivity contribution is 5.98. The van der Waals surface area contributed by atoms with Gasteiger partial charge in [0.1, 0.15) is 17.1 Å². The number of nitrogens with zero attached hydrogens (tertiary/aromatic N) is 3. The third-order valence-electron chi connectivity index (χ3n) is 5.35. The van der Waals surface area contributed by atoms with Crippen LogP contribution in [-0.4, -0.2) is 21.9 Å². The molecule has 0 saturated heterocycles. The van der Waals surface area contributed by atoms with Crippen molar-refractivity contribution >= 4 is 10.9 Å². The van der Waals surface area contributed by atoms with Crippen LogP contribution in [0.1, 0.15) is 11.1 Å². The van der Waals surface area contributed by atoms with Crippen LogP contribution in [0.5, 0.6) is 5.75 Å². The maximum absolute atomic E-state index is 5.29. The van der Waals surface area contributed by atoms with Crippen molar-refractivity contribution in [3.05, 3.63) is 90.1 Å². The third-order valence-corrected chi connectivity index (χ3v) is 5.35. The topological polar surface area (TPSA) is 39.9 Å². The summed E-state index contributed by atoms with van der Waals surface area (Å²) in [5, 5.41) is 10.2. The Balaban J connectivity index is 1.67. The Kier molecular flexibility index (Phi) is 4.24. The second kappa shape index (κ2) is 7.06. The number of rotatable bonds is 4. The van der Waals surface area contributed by atoms with Gasteiger partial charge in [0.25, 0.3) is 0 Å². The van der Waals surface area contributed by atoms with Gasteiger partial charge in [-0.2, -0.15) is 0 Å². The average molecular weight is 379 g/mol. The van der Waals surface area contributed by atoms with Crippen molar-refractivity contribution < 1.29 is 4.74 Å². The smallest absolute Gasteiger partial charge is 0.118 e. The van der Waals surface area contributed by atoms with E-state index in [2.05, 4.69) is 88.5 Å². The highest BCUT2D eigenvalue weighted by Crippen LogP contribution is 2.36. The second-order valence-corrected chi connectivity index (χ2v) is 7.30. The molecule has 2 aliphatic heterocycles. The van der Waals surface area contributed by atoms with Gasteiger partial charge in [-0.3, -0.25) is 0 Å². The number of pyridine rings is 1. The van der Waals surface area contributed by atoms with Crippen molar-refractivity contribution in [2.24, 2.45) is 0 Å². The quantitative estimate of drug-likeness (QED) is 0.410. The number of aromatic nitrogens is 3. The molecule has 0 fully saturated rings. The molecular weight excluding hydrogens is 358 g/mol. The summed E-state index contributed by atoms with van der Waals surface area (Å²) in [5.41, 5.74) is 7.62. The van der Waals surface area contributed by atoms with Crippen molar-refractivity contribution in [2.45, 2.75) is 13.5 Å². The third kappa shape index (κ3) is 3.13. The van der Waals surface area contributed by atoms with Crippen LogP contribution < -0.4 is 4.74 Å². The average Bonchev–Trinajstić information content (AvgIpc) is 3.19. The number of benzene rings is 3. The number of methoxy groups -OCH3 is 1. The minimum Gasteiger partial charge on any atom is -0.497 e. The molecule has 0 aromatic heterocycles. The standard InChI is InChI=1S/C25H21N3O/c1-17-7-11-19(12-8-17)24-22-16-28(15-18-9-13-20(29-2)14-10-18)23-6-4-3-5-21(23)25(22)27-26-24/h3-14,16H,15H2,1-2H3. The minimum absolute atomic E-state index is 0.763. The van der Waals surface area contributed by atoms with Gasteiger partial charge in [0.15, 0.2) is 0 Å². The first-order chi connectivity index (χ1) is 14.2. The van der Waals surface area contributed by atoms with Crippen LogP contribution in [-0.2, 0) is 6.54 Å². The first kappa shape index (κ1) is 17.4. The summed E-state index contributed by atoms with van der Waals surface area (Å²) in [6.07, 6.45) is 2.18. The zero-order chi connectivity index (χ0) is 19.8. The Morgan fingerprint density at radius 2 is 1.55 bits per heavy atom. The monoisotopic (exact) mass is 379 g/mol. The molecule has 4 nitrogen and oxygen atoms in total. The highest BCUT2D eigenvalue weighted by Gasteiger charge is 2.20. The predicted octanol–water partition coefficient (Wildman–Crippen LogP) is 5.57. The van der Waals surface area contributed by atoms with Gasteiger partial charge in [0.05, 0.1) is 12.6 Å². The van der Waals surface area contributed by atoms with E-state index in [9.17, 15) is 0 Å². The summed E-state index contributed by atoms with van der Waals surface area (Å²) in [6, 6.07) is 25.0. The van der Waals surface area contributed by atoms with Crippen molar-refractivity contribution in [3.8, 4) is 28.3 Å². The molecule has 0 spiro atoms. The van der Waals surface area contributed by atoms with E-state index in [1.165, 1.54) is 11.1 Å². The number of para-hydroxylation sites is 1. The summed E-state index contributed by atoms with van der Waals surface area (Å²) >= 11 is 0. The molecule has 0 unspecified atom stereocenters. The molecule has 2 heterocycles. The largest absolute Gasteiger partial charge is 0.497 e. The van der Waals surface area contributed by atoms with E-state index in [4.69, 9.17) is 4.74 Å². The van der Waals surface area contributed by atoms with Crippen molar-refractivity contribution in [2.75, 3.05) is 7.11 Å². The highest BCUT2D eigenvalue weighted by atomic mass is 16.5. The van der Waals surface area contributed by atoms with Crippen LogP contribution in [0.2, 0.25) is 0 Å². The lowest BCUT2D eigenvalue weighted by molar-refractivity contribution is 0.414. The first-order valence-electron chi connectivity index (χ1n) is 9.67. The maximum atomic E-state index is 5.29. The number of aryl methyl sites for hydroxylation is 1. The van der Waals surface area contributed by atoms with E-state index in [1.54, 1.807) is 7.11 Å². The molecule has 3 aromatic carbocycles. The molecule has 0 aliphatic carbocycles. The van der Waals surface area contributed by atoms with Crippen LogP contribution >= 0.6 is 0 Å². The van der Waals surface area contributed by atoms with Gasteiger partial charge in [-0.15, -0.1) is 10.2 Å². The van der Waals surface area contributed by atoms with Gasteiger partial charge < -0.3 is 9.30 Å². The molecule has 29 heavy (non-hydrogen) atoms. The molecule has 0 saturated carbocycles. The number of ether oxygens (including phenoxy) is 1. The molecule has 0 radical (unpaired) electrons. The lowest BCUT2D eigenvalue weighted by Crippen LogP contribution is -2.04. The van der Waals surface area contributed by atoms with Gasteiger partial charge in [0, 0.05) is 29.3 Å². The molecular formula is C25H21N3O. The summed E-state index contributed by atoms with van der Waals surface area (Å²) in [7, 11) is 1.69. The van der Waals surface area contributed by atoms with E-state index in [0.29, 0.717) is 0 Å². The summed E-state index contributed by atoms with van der Waals surface area (Å²) in [5.74, 6) is 0.866. The van der Waals surface area contributed by atoms with E-state index in [0.717, 1.165) is 45.7 Å². The fourth-order valence-electron chi connectivity index (χ4n) is 3.77. The Labute approximate surface area is 169 Å². The Bertz CT molecular complexity index is 1250. The number of hydrogen-bond acceptors (Lipinski definition) is 3. The molecule has 2 aliphatic rings. The lowest BCUT2D eigenvalue weighted by atomic mass is 10.0. The van der Waals surface area contributed by atoms with E-state index >= 15 is 0 Å². The lowest BCUT2D eigenvalue weighted by Gasteiger charge is -2.15. The second-order valence-electron chi connectivity index (χ2n) is 7.30. The normalized spacial score (nSPS) is 11.2. The first-order valence-corrected chi connectivity index (χ1v) is 9.67. The molecule has 4 heteroatoms. The maximum Gasteiger partial charge on any atom is 0.118 e. The molecule has 3 aromatic rings. The molecule has 0 amide bonds. The predicted molar refractivity (Wildman–Crippen MR) is 116 cm³/mol.